The van der Waals surface area contributed by atoms with E-state index in [0.29, 0.717) is 38.1 Å². The Hall–Kier alpha value is -2.30. The first-order chi connectivity index (χ1) is 24.6. The van der Waals surface area contributed by atoms with Gasteiger partial charge in [0.1, 0.15) is 6.04 Å². The number of hydrogen-bond acceptors (Lipinski definition) is 7. The third-order valence-electron chi connectivity index (χ3n) is 14.1. The van der Waals surface area contributed by atoms with Crippen molar-refractivity contribution in [2.75, 3.05) is 12.3 Å². The molecule has 0 aromatic rings. The van der Waals surface area contributed by atoms with E-state index in [9.17, 15) is 32.4 Å². The molecule has 0 radical (unpaired) electrons. The quantitative estimate of drug-likeness (QED) is 0.183. The molecule has 3 amide bonds. The molecule has 52 heavy (non-hydrogen) atoms. The van der Waals surface area contributed by atoms with Gasteiger partial charge in [0.15, 0.2) is 21.4 Å². The Morgan fingerprint density at radius 3 is 2.10 bits per heavy atom. The van der Waals surface area contributed by atoms with Crippen LogP contribution in [0, 0.1) is 35.0 Å². The van der Waals surface area contributed by atoms with E-state index >= 15 is 0 Å². The summed E-state index contributed by atoms with van der Waals surface area (Å²) < 4.78 is 25.9. The number of likely N-dealkylation sites (tertiary alicyclic amines) is 1. The van der Waals surface area contributed by atoms with Crippen LogP contribution in [0.15, 0.2) is 0 Å². The standard InChI is InChI=1S/C41H65N3O7S/c1-5-12-29(36(47)33(46)23-27-15-16-27)24-32(45)35-30-17-20-40(21-22-40)31(30)25-44(35)37(48)34(28-13-8-6-9-14-28)42-38(49)43-41(18-10-7-11-19-41)26-52(50,51)39(2,3)4/h27-31,34-35H,5-26H2,1-4H3,(H2,42,43,49)/t29?,30-,31-,34-,35-/m0/s1. The summed E-state index contributed by atoms with van der Waals surface area (Å²) in [6.45, 7) is 7.52. The molecule has 292 valence electrons. The third-order valence-corrected chi connectivity index (χ3v) is 16.9. The van der Waals surface area contributed by atoms with E-state index in [-0.39, 0.29) is 59.2 Å². The second-order valence-electron chi connectivity index (χ2n) is 18.9. The summed E-state index contributed by atoms with van der Waals surface area (Å²) >= 11 is 0. The number of ketones is 3. The van der Waals surface area contributed by atoms with Gasteiger partial charge in [-0.2, -0.15) is 0 Å². The Morgan fingerprint density at radius 1 is 0.846 bits per heavy atom. The molecule has 5 aliphatic carbocycles. The summed E-state index contributed by atoms with van der Waals surface area (Å²) in [5.41, 5.74) is -0.734. The van der Waals surface area contributed by atoms with Crippen LogP contribution in [-0.2, 0) is 29.0 Å². The van der Waals surface area contributed by atoms with Gasteiger partial charge in [-0.05, 0) is 120 Å². The summed E-state index contributed by atoms with van der Waals surface area (Å²) in [5.74, 6) is -1.50. The van der Waals surface area contributed by atoms with Crippen LogP contribution in [-0.4, -0.2) is 77.3 Å². The highest BCUT2D eigenvalue weighted by molar-refractivity contribution is 7.92. The lowest BCUT2D eigenvalue weighted by Gasteiger charge is -2.41. The van der Waals surface area contributed by atoms with Crippen molar-refractivity contribution in [3.63, 3.8) is 0 Å². The lowest BCUT2D eigenvalue weighted by molar-refractivity contribution is -0.143. The minimum absolute atomic E-state index is 0.0208. The maximum atomic E-state index is 15.0. The lowest BCUT2D eigenvalue weighted by atomic mass is 9.81. The van der Waals surface area contributed by atoms with E-state index < -0.39 is 49.9 Å². The van der Waals surface area contributed by atoms with Crippen molar-refractivity contribution in [3.8, 4) is 0 Å². The molecule has 5 atom stereocenters. The minimum atomic E-state index is -3.54. The lowest BCUT2D eigenvalue weighted by Crippen LogP contribution is -2.62. The second kappa shape index (κ2) is 15.4. The summed E-state index contributed by atoms with van der Waals surface area (Å²) in [7, 11) is -3.54. The predicted octanol–water partition coefficient (Wildman–Crippen LogP) is 6.48. The van der Waals surface area contributed by atoms with Gasteiger partial charge in [-0.25, -0.2) is 13.2 Å². The Balaban J connectivity index is 1.24. The number of sulfone groups is 1. The van der Waals surface area contributed by atoms with E-state index in [0.717, 1.165) is 89.9 Å². The van der Waals surface area contributed by atoms with E-state index in [1.807, 2.05) is 6.92 Å². The molecule has 1 saturated heterocycles. The highest BCUT2D eigenvalue weighted by atomic mass is 32.2. The summed E-state index contributed by atoms with van der Waals surface area (Å²) in [4.78, 5) is 71.6. The van der Waals surface area contributed by atoms with Crippen molar-refractivity contribution in [1.82, 2.24) is 15.5 Å². The van der Waals surface area contributed by atoms with Crippen molar-refractivity contribution in [2.24, 2.45) is 35.0 Å². The fraction of sp³-hybridized carbons (Fsp3) is 0.878. The average molecular weight is 744 g/mol. The van der Waals surface area contributed by atoms with Crippen LogP contribution >= 0.6 is 0 Å². The van der Waals surface area contributed by atoms with Crippen molar-refractivity contribution >= 4 is 39.1 Å². The maximum absolute atomic E-state index is 15.0. The van der Waals surface area contributed by atoms with Crippen molar-refractivity contribution < 1.29 is 32.4 Å². The van der Waals surface area contributed by atoms with Gasteiger partial charge >= 0.3 is 6.03 Å². The smallest absolute Gasteiger partial charge is 0.315 e. The zero-order valence-corrected chi connectivity index (χ0v) is 33.1. The van der Waals surface area contributed by atoms with E-state index in [1.54, 1.807) is 25.7 Å². The Morgan fingerprint density at radius 2 is 1.50 bits per heavy atom. The van der Waals surface area contributed by atoms with Crippen LogP contribution in [0.3, 0.4) is 0 Å². The normalized spacial score (nSPS) is 28.2. The molecule has 0 bridgehead atoms. The second-order valence-corrected chi connectivity index (χ2v) is 21.6. The highest BCUT2D eigenvalue weighted by Crippen LogP contribution is 2.66. The van der Waals surface area contributed by atoms with Crippen LogP contribution in [0.1, 0.15) is 156 Å². The molecule has 10 nitrogen and oxygen atoms in total. The molecular weight excluding hydrogens is 679 g/mol. The molecule has 6 rings (SSSR count). The molecule has 1 heterocycles. The Labute approximate surface area is 312 Å². The summed E-state index contributed by atoms with van der Waals surface area (Å²) in [6, 6.07) is -2.02. The number of hydrogen-bond donors (Lipinski definition) is 2. The first-order valence-electron chi connectivity index (χ1n) is 20.8. The average Bonchev–Trinajstić information content (AvgIpc) is 4.01. The molecule has 1 aliphatic heterocycles. The van der Waals surface area contributed by atoms with Gasteiger partial charge in [-0.1, -0.05) is 51.9 Å². The highest BCUT2D eigenvalue weighted by Gasteiger charge is 2.63. The van der Waals surface area contributed by atoms with Crippen LogP contribution < -0.4 is 10.6 Å². The molecule has 0 aromatic carbocycles. The molecule has 6 fully saturated rings. The first kappa shape index (κ1) is 39.4. The fourth-order valence-corrected chi connectivity index (χ4v) is 12.0. The van der Waals surface area contributed by atoms with Crippen molar-refractivity contribution in [1.29, 1.82) is 0 Å². The largest absolute Gasteiger partial charge is 0.332 e. The van der Waals surface area contributed by atoms with E-state index in [2.05, 4.69) is 10.6 Å². The van der Waals surface area contributed by atoms with Crippen molar-refractivity contribution in [3.05, 3.63) is 0 Å². The van der Waals surface area contributed by atoms with Gasteiger partial charge in [-0.15, -0.1) is 0 Å². The van der Waals surface area contributed by atoms with Crippen LogP contribution in [0.2, 0.25) is 0 Å². The SMILES string of the molecule is CCCC(CC(=O)[C@@H]1[C@H]2CCC3(CC3)[C@H]2CN1C(=O)[C@@H](NC(=O)NC1(CS(=O)(=O)C(C)(C)C)CCCCC1)C1CCCCC1)C(=O)C(=O)CC1CC1. The van der Waals surface area contributed by atoms with Gasteiger partial charge < -0.3 is 15.5 Å². The summed E-state index contributed by atoms with van der Waals surface area (Å²) in [5, 5.41) is 6.21. The Kier molecular flexibility index (Phi) is 11.7. The van der Waals surface area contributed by atoms with Gasteiger partial charge in [0.2, 0.25) is 11.7 Å². The number of urea groups is 1. The number of rotatable bonds is 15. The molecule has 1 unspecified atom stereocenters. The monoisotopic (exact) mass is 743 g/mol. The zero-order valence-electron chi connectivity index (χ0n) is 32.3. The minimum Gasteiger partial charge on any atom is -0.332 e. The summed E-state index contributed by atoms with van der Waals surface area (Å²) in [6.07, 6.45) is 15.8. The van der Waals surface area contributed by atoms with Crippen LogP contribution in [0.5, 0.6) is 0 Å². The van der Waals surface area contributed by atoms with Gasteiger partial charge in [0, 0.05) is 25.3 Å². The van der Waals surface area contributed by atoms with E-state index in [1.165, 1.54) is 0 Å². The molecule has 1 spiro atoms. The number of nitrogens with zero attached hydrogens (tertiary/aromatic N) is 1. The molecule has 11 heteroatoms. The number of Topliss-reactive ketones (excluding diaryl/α,β-unsaturated/α-hetero) is 3. The van der Waals surface area contributed by atoms with E-state index in [4.69, 9.17) is 0 Å². The van der Waals surface area contributed by atoms with Crippen molar-refractivity contribution in [2.45, 2.75) is 178 Å². The predicted molar refractivity (Wildman–Crippen MR) is 200 cm³/mol. The molecule has 0 aromatic heterocycles. The molecular formula is C41H65N3O7S. The van der Waals surface area contributed by atoms with Gasteiger partial charge in [0.25, 0.3) is 0 Å². The van der Waals surface area contributed by atoms with Gasteiger partial charge in [-0.3, -0.25) is 19.2 Å². The number of amides is 3. The number of carbonyl (C=O) groups is 5. The third kappa shape index (κ3) is 8.49. The maximum Gasteiger partial charge on any atom is 0.315 e. The zero-order chi connectivity index (χ0) is 37.5. The topological polar surface area (TPSA) is 147 Å². The number of carbonyl (C=O) groups excluding carboxylic acids is 5. The van der Waals surface area contributed by atoms with Crippen LogP contribution in [0.4, 0.5) is 4.79 Å². The Bertz CT molecular complexity index is 1480. The molecule has 5 saturated carbocycles. The van der Waals surface area contributed by atoms with Gasteiger partial charge in [0.05, 0.1) is 22.1 Å². The fourth-order valence-electron chi connectivity index (χ4n) is 10.5. The number of fused-ring (bicyclic) bond motifs is 2. The molecule has 6 aliphatic rings. The number of nitrogens with one attached hydrogen (secondary N) is 2. The van der Waals surface area contributed by atoms with Crippen LogP contribution in [0.25, 0.3) is 0 Å². The first-order valence-corrected chi connectivity index (χ1v) is 22.5. The molecule has 2 N–H and O–H groups in total.